The van der Waals surface area contributed by atoms with E-state index in [2.05, 4.69) is 26.0 Å². The van der Waals surface area contributed by atoms with Crippen molar-refractivity contribution in [3.63, 3.8) is 0 Å². The van der Waals surface area contributed by atoms with Gasteiger partial charge in [-0.2, -0.15) is 0 Å². The molecule has 1 unspecified atom stereocenters. The fraction of sp³-hybridized carbons (Fsp3) is 0.500. The average molecular weight is 220 g/mol. The highest BCUT2D eigenvalue weighted by Crippen LogP contribution is 2.18. The Morgan fingerprint density at radius 1 is 1.38 bits per heavy atom. The van der Waals surface area contributed by atoms with E-state index >= 15 is 0 Å². The molecule has 1 atom stereocenters. The van der Waals surface area contributed by atoms with Crippen molar-refractivity contribution in [2.75, 3.05) is 0 Å². The van der Waals surface area contributed by atoms with Crippen LogP contribution in [0, 0.1) is 19.8 Å². The van der Waals surface area contributed by atoms with Crippen LogP contribution >= 0.6 is 0 Å². The lowest BCUT2D eigenvalue weighted by atomic mass is 9.94. The molecule has 0 heterocycles. The molecule has 2 heteroatoms. The van der Waals surface area contributed by atoms with E-state index in [9.17, 15) is 4.79 Å². The molecule has 0 spiro atoms. The van der Waals surface area contributed by atoms with Crippen molar-refractivity contribution in [1.82, 2.24) is 0 Å². The molecular formula is C14H20O2. The van der Waals surface area contributed by atoms with Crippen molar-refractivity contribution in [2.24, 2.45) is 5.92 Å². The van der Waals surface area contributed by atoms with Gasteiger partial charge in [0.15, 0.2) is 0 Å². The number of benzene rings is 1. The van der Waals surface area contributed by atoms with Gasteiger partial charge in [-0.15, -0.1) is 0 Å². The fourth-order valence-corrected chi connectivity index (χ4v) is 1.91. The molecule has 1 aromatic rings. The molecule has 0 fully saturated rings. The molecule has 0 aliphatic heterocycles. The Kier molecular flexibility index (Phi) is 4.53. The van der Waals surface area contributed by atoms with Crippen LogP contribution in [0.5, 0.6) is 0 Å². The van der Waals surface area contributed by atoms with Gasteiger partial charge in [0, 0.05) is 0 Å². The van der Waals surface area contributed by atoms with Gasteiger partial charge in [-0.1, -0.05) is 25.1 Å². The van der Waals surface area contributed by atoms with Gasteiger partial charge in [0.25, 0.3) is 0 Å². The second-order valence-electron chi connectivity index (χ2n) is 4.34. The number of hydrogen-bond acceptors (Lipinski definition) is 1. The summed E-state index contributed by atoms with van der Waals surface area (Å²) in [6.07, 6.45) is 2.30. The van der Waals surface area contributed by atoms with Gasteiger partial charge in [0.05, 0.1) is 5.92 Å². The number of aliphatic carboxylic acids is 1. The minimum Gasteiger partial charge on any atom is -0.481 e. The van der Waals surface area contributed by atoms with Crippen LogP contribution in [-0.2, 0) is 11.2 Å². The van der Waals surface area contributed by atoms with Crippen LogP contribution in [0.3, 0.4) is 0 Å². The maximum Gasteiger partial charge on any atom is 0.306 e. The summed E-state index contributed by atoms with van der Waals surface area (Å²) in [7, 11) is 0. The Balaban J connectivity index is 2.67. The first kappa shape index (κ1) is 12.8. The van der Waals surface area contributed by atoms with Crippen LogP contribution in [0.2, 0.25) is 0 Å². The van der Waals surface area contributed by atoms with Crippen molar-refractivity contribution in [1.29, 1.82) is 0 Å². The summed E-state index contributed by atoms with van der Waals surface area (Å²) >= 11 is 0. The number of rotatable bonds is 5. The zero-order chi connectivity index (χ0) is 12.1. The predicted octanol–water partition coefficient (Wildman–Crippen LogP) is 3.35. The normalized spacial score (nSPS) is 12.4. The van der Waals surface area contributed by atoms with E-state index in [4.69, 9.17) is 5.11 Å². The van der Waals surface area contributed by atoms with Gasteiger partial charge < -0.3 is 5.11 Å². The summed E-state index contributed by atoms with van der Waals surface area (Å²) in [5, 5.41) is 8.98. The summed E-state index contributed by atoms with van der Waals surface area (Å²) < 4.78 is 0. The number of carboxylic acid groups (broad SMARTS) is 1. The van der Waals surface area contributed by atoms with Crippen LogP contribution in [0.25, 0.3) is 0 Å². The van der Waals surface area contributed by atoms with Crippen LogP contribution in [0.1, 0.15) is 36.5 Å². The lowest BCUT2D eigenvalue weighted by Crippen LogP contribution is -2.13. The first-order chi connectivity index (χ1) is 7.56. The Labute approximate surface area is 97.3 Å². The molecular weight excluding hydrogens is 200 g/mol. The standard InChI is InChI=1S/C14H20O2/c1-4-12(14(15)16)8-9-13-7-5-6-10(2)11(13)3/h5-7,12H,4,8-9H2,1-3H3,(H,15,16). The number of aryl methyl sites for hydroxylation is 2. The molecule has 0 aliphatic rings. The minimum absolute atomic E-state index is 0.208. The minimum atomic E-state index is -0.673. The third-order valence-electron chi connectivity index (χ3n) is 3.32. The summed E-state index contributed by atoms with van der Waals surface area (Å²) in [6.45, 7) is 6.13. The SMILES string of the molecule is CCC(CCc1cccc(C)c1C)C(=O)O. The molecule has 0 aromatic heterocycles. The second kappa shape index (κ2) is 5.69. The molecule has 1 rings (SSSR count). The lowest BCUT2D eigenvalue weighted by Gasteiger charge is -2.12. The van der Waals surface area contributed by atoms with Crippen molar-refractivity contribution < 1.29 is 9.90 Å². The third-order valence-corrected chi connectivity index (χ3v) is 3.32. The highest BCUT2D eigenvalue weighted by Gasteiger charge is 2.15. The van der Waals surface area contributed by atoms with Crippen molar-refractivity contribution in [3.8, 4) is 0 Å². The Morgan fingerprint density at radius 3 is 2.62 bits per heavy atom. The van der Waals surface area contributed by atoms with E-state index in [1.165, 1.54) is 16.7 Å². The zero-order valence-electron chi connectivity index (χ0n) is 10.3. The predicted molar refractivity (Wildman–Crippen MR) is 65.7 cm³/mol. The summed E-state index contributed by atoms with van der Waals surface area (Å²) in [4.78, 5) is 10.9. The molecule has 0 aliphatic carbocycles. The maximum absolute atomic E-state index is 10.9. The van der Waals surface area contributed by atoms with Gasteiger partial charge in [0.1, 0.15) is 0 Å². The van der Waals surface area contributed by atoms with Crippen LogP contribution in [0.4, 0.5) is 0 Å². The van der Waals surface area contributed by atoms with Gasteiger partial charge in [0.2, 0.25) is 0 Å². The van der Waals surface area contributed by atoms with Crippen LogP contribution < -0.4 is 0 Å². The molecule has 16 heavy (non-hydrogen) atoms. The van der Waals surface area contributed by atoms with E-state index in [1.807, 2.05) is 13.0 Å². The fourth-order valence-electron chi connectivity index (χ4n) is 1.91. The summed E-state index contributed by atoms with van der Waals surface area (Å²) in [5.74, 6) is -0.882. The maximum atomic E-state index is 10.9. The largest absolute Gasteiger partial charge is 0.481 e. The molecule has 88 valence electrons. The Bertz CT molecular complexity index is 369. The van der Waals surface area contributed by atoms with E-state index in [0.717, 1.165) is 12.8 Å². The Morgan fingerprint density at radius 2 is 2.06 bits per heavy atom. The molecule has 1 aromatic carbocycles. The van der Waals surface area contributed by atoms with E-state index < -0.39 is 5.97 Å². The molecule has 0 amide bonds. The van der Waals surface area contributed by atoms with Crippen molar-refractivity contribution >= 4 is 5.97 Å². The van der Waals surface area contributed by atoms with Crippen LogP contribution in [-0.4, -0.2) is 11.1 Å². The summed E-state index contributed by atoms with van der Waals surface area (Å²) in [6, 6.07) is 6.23. The van der Waals surface area contributed by atoms with Gasteiger partial charge >= 0.3 is 5.97 Å². The molecule has 1 N–H and O–H groups in total. The average Bonchev–Trinajstić information content (AvgIpc) is 2.24. The number of carbonyl (C=O) groups is 1. The number of hydrogen-bond donors (Lipinski definition) is 1. The van der Waals surface area contributed by atoms with Gasteiger partial charge in [-0.3, -0.25) is 4.79 Å². The van der Waals surface area contributed by atoms with E-state index in [-0.39, 0.29) is 5.92 Å². The monoisotopic (exact) mass is 220 g/mol. The van der Waals surface area contributed by atoms with E-state index in [1.54, 1.807) is 0 Å². The van der Waals surface area contributed by atoms with Gasteiger partial charge in [-0.25, -0.2) is 0 Å². The second-order valence-corrected chi connectivity index (χ2v) is 4.34. The highest BCUT2D eigenvalue weighted by atomic mass is 16.4. The highest BCUT2D eigenvalue weighted by molar-refractivity contribution is 5.69. The smallest absolute Gasteiger partial charge is 0.306 e. The molecule has 0 radical (unpaired) electrons. The third kappa shape index (κ3) is 3.09. The van der Waals surface area contributed by atoms with Crippen LogP contribution in [0.15, 0.2) is 18.2 Å². The summed E-state index contributed by atoms with van der Waals surface area (Å²) in [5.41, 5.74) is 3.85. The molecule has 0 saturated carbocycles. The molecule has 0 saturated heterocycles. The molecule has 2 nitrogen and oxygen atoms in total. The Hall–Kier alpha value is -1.31. The lowest BCUT2D eigenvalue weighted by molar-refractivity contribution is -0.142. The van der Waals surface area contributed by atoms with E-state index in [0.29, 0.717) is 6.42 Å². The first-order valence-electron chi connectivity index (χ1n) is 5.84. The zero-order valence-corrected chi connectivity index (χ0v) is 10.3. The quantitative estimate of drug-likeness (QED) is 0.826. The topological polar surface area (TPSA) is 37.3 Å². The first-order valence-corrected chi connectivity index (χ1v) is 5.84. The van der Waals surface area contributed by atoms with Crippen molar-refractivity contribution in [3.05, 3.63) is 34.9 Å². The van der Waals surface area contributed by atoms with Gasteiger partial charge in [-0.05, 0) is 49.8 Å². The molecule has 0 bridgehead atoms. The number of carboxylic acids is 1. The van der Waals surface area contributed by atoms with Crippen molar-refractivity contribution in [2.45, 2.75) is 40.0 Å².